The number of rotatable bonds is 21. The molecule has 1 unspecified atom stereocenters. The van der Waals surface area contributed by atoms with E-state index in [0.29, 0.717) is 105 Å². The number of para-hydroxylation sites is 2. The van der Waals surface area contributed by atoms with Gasteiger partial charge in [0.1, 0.15) is 13.2 Å². The number of ether oxygens (including phenoxy) is 7. The van der Waals surface area contributed by atoms with Gasteiger partial charge in [0.15, 0.2) is 23.0 Å². The largest absolute Gasteiger partial charge is 0.493 e. The SMILES string of the molecule is COCCOCCOCCN(CC(C)(C)S(C)=S)c1cc(COc2cc3c(cc2OC)C(=O)N2c4ccccc4C[C@H]2CN3)cc(COc2cc3c(cc2OC)C(=O)N2c4ccccc4C[C@@H]2CN3)c1. The zero-order valence-corrected chi connectivity index (χ0v) is 42.5. The molecule has 0 aromatic heterocycles. The molecule has 14 nitrogen and oxygen atoms in total. The van der Waals surface area contributed by atoms with Crippen LogP contribution in [-0.2, 0) is 60.9 Å². The van der Waals surface area contributed by atoms with Gasteiger partial charge in [0.2, 0.25) is 0 Å². The molecule has 0 fully saturated rings. The van der Waals surface area contributed by atoms with Gasteiger partial charge < -0.3 is 58.5 Å². The van der Waals surface area contributed by atoms with Crippen molar-refractivity contribution in [1.82, 2.24) is 0 Å². The number of hydrogen-bond donors (Lipinski definition) is 2. The van der Waals surface area contributed by atoms with Gasteiger partial charge >= 0.3 is 0 Å². The Morgan fingerprint density at radius 1 is 0.657 bits per heavy atom. The third-order valence-corrected chi connectivity index (χ3v) is 16.6. The fraction of sp³-hybridized carbons (Fsp3) is 0.407. The maximum atomic E-state index is 14.2. The molecule has 0 saturated carbocycles. The van der Waals surface area contributed by atoms with E-state index in [1.807, 2.05) is 58.3 Å². The average Bonchev–Trinajstić information content (AvgIpc) is 3.86. The molecule has 0 bridgehead atoms. The van der Waals surface area contributed by atoms with Crippen LogP contribution in [0.25, 0.3) is 0 Å². The van der Waals surface area contributed by atoms with Crippen LogP contribution < -0.4 is 44.3 Å². The highest BCUT2D eigenvalue weighted by atomic mass is 32.8. The molecule has 4 heterocycles. The van der Waals surface area contributed by atoms with Gasteiger partial charge in [-0.2, -0.15) is 0 Å². The first-order valence-corrected chi connectivity index (χ1v) is 26.4. The van der Waals surface area contributed by atoms with Crippen molar-refractivity contribution in [3.63, 3.8) is 0 Å². The minimum atomic E-state index is -0.318. The summed E-state index contributed by atoms with van der Waals surface area (Å²) >= 11 is 5.90. The number of carbonyl (C=O) groups excluding carboxylic acids is 2. The van der Waals surface area contributed by atoms with E-state index in [-0.39, 0.29) is 51.3 Å². The molecular weight excluding hydrogens is 927 g/mol. The quantitative estimate of drug-likeness (QED) is 0.0694. The topological polar surface area (TPSA) is 133 Å². The van der Waals surface area contributed by atoms with E-state index in [0.717, 1.165) is 41.0 Å². The number of anilines is 5. The number of nitrogens with one attached hydrogen (secondary N) is 2. The van der Waals surface area contributed by atoms with Crippen molar-refractivity contribution in [2.45, 2.75) is 56.7 Å². The van der Waals surface area contributed by atoms with Crippen LogP contribution in [-0.4, -0.2) is 115 Å². The second-order valence-electron chi connectivity index (χ2n) is 18.6. The fourth-order valence-corrected chi connectivity index (χ4v) is 10.2. The molecule has 70 heavy (non-hydrogen) atoms. The highest BCUT2D eigenvalue weighted by Gasteiger charge is 2.39. The minimum Gasteiger partial charge on any atom is -0.493 e. The lowest BCUT2D eigenvalue weighted by molar-refractivity contribution is 0.0264. The third-order valence-electron chi connectivity index (χ3n) is 13.6. The van der Waals surface area contributed by atoms with Gasteiger partial charge in [0.05, 0.1) is 81.8 Å². The molecule has 4 aliphatic heterocycles. The third kappa shape index (κ3) is 10.4. The van der Waals surface area contributed by atoms with E-state index in [4.69, 9.17) is 44.3 Å². The van der Waals surface area contributed by atoms with Gasteiger partial charge in [0.25, 0.3) is 11.8 Å². The molecule has 5 aromatic carbocycles. The van der Waals surface area contributed by atoms with Crippen LogP contribution in [0.15, 0.2) is 91.0 Å². The second kappa shape index (κ2) is 21.6. The molecule has 0 radical (unpaired) electrons. The van der Waals surface area contributed by atoms with Gasteiger partial charge in [-0.05, 0) is 97.7 Å². The van der Waals surface area contributed by atoms with E-state index >= 15 is 0 Å². The Hall–Kier alpha value is -5.91. The van der Waals surface area contributed by atoms with Crippen LogP contribution in [0, 0.1) is 0 Å². The van der Waals surface area contributed by atoms with E-state index in [2.05, 4.69) is 66.0 Å². The van der Waals surface area contributed by atoms with E-state index in [1.54, 1.807) is 33.5 Å². The van der Waals surface area contributed by atoms with Crippen molar-refractivity contribution in [2.24, 2.45) is 0 Å². The van der Waals surface area contributed by atoms with Gasteiger partial charge in [-0.15, -0.1) is 9.45 Å². The smallest absolute Gasteiger partial charge is 0.260 e. The lowest BCUT2D eigenvalue weighted by atomic mass is 10.1. The lowest BCUT2D eigenvalue weighted by Crippen LogP contribution is -2.43. The van der Waals surface area contributed by atoms with Crippen molar-refractivity contribution >= 4 is 60.9 Å². The van der Waals surface area contributed by atoms with Gasteiger partial charge in [-0.25, -0.2) is 0 Å². The van der Waals surface area contributed by atoms with Crippen LogP contribution >= 0.6 is 0 Å². The molecule has 2 N–H and O–H groups in total. The van der Waals surface area contributed by atoms with Crippen molar-refractivity contribution in [3.05, 3.63) is 124 Å². The van der Waals surface area contributed by atoms with Crippen molar-refractivity contribution < 1.29 is 42.7 Å². The molecule has 9 rings (SSSR count). The standard InChI is InChI=1S/C54H63N5O9S2/c1-54(2,70(6)69)34-57(15-16-65-19-20-66-18-17-62-3)39-22-35(32-67-50-28-44-42(26-48(50)63-4)52(60)58-40(30-55-44)24-37-11-7-9-13-46(37)58)21-36(23-39)33-68-51-29-45-43(27-49(51)64-5)53(61)59-41(31-56-45)25-38-12-8-10-14-47(38)59/h7-14,21-23,26-29,40-41,55-56H,15-20,24-25,30-34H2,1-6H3/t40-,41+,70?. The maximum Gasteiger partial charge on any atom is 0.260 e. The van der Waals surface area contributed by atoms with Crippen molar-refractivity contribution in [2.75, 3.05) is 112 Å². The number of methoxy groups -OCH3 is 3. The summed E-state index contributed by atoms with van der Waals surface area (Å²) in [7, 11) is 4.51. The predicted octanol–water partition coefficient (Wildman–Crippen LogP) is 7.83. The molecule has 0 saturated heterocycles. The first kappa shape index (κ1) is 49.1. The molecule has 3 atom stereocenters. The Labute approximate surface area is 418 Å². The van der Waals surface area contributed by atoms with Gasteiger partial charge in [0, 0.05) is 67.2 Å². The highest BCUT2D eigenvalue weighted by molar-refractivity contribution is 8.29. The van der Waals surface area contributed by atoms with Gasteiger partial charge in [-0.1, -0.05) is 47.6 Å². The van der Waals surface area contributed by atoms with Crippen LogP contribution in [0.5, 0.6) is 23.0 Å². The molecular formula is C54H63N5O9S2. The number of fused-ring (bicyclic) bond motifs is 8. The average molecular weight is 990 g/mol. The molecule has 2 amide bonds. The second-order valence-corrected chi connectivity index (χ2v) is 22.1. The Kier molecular flexibility index (Phi) is 15.2. The van der Waals surface area contributed by atoms with E-state index < -0.39 is 0 Å². The zero-order valence-electron chi connectivity index (χ0n) is 40.8. The Bertz CT molecular complexity index is 2600. The van der Waals surface area contributed by atoms with E-state index in [9.17, 15) is 9.59 Å². The first-order valence-electron chi connectivity index (χ1n) is 23.8. The minimum absolute atomic E-state index is 0.00630. The zero-order chi connectivity index (χ0) is 48.9. The van der Waals surface area contributed by atoms with Crippen molar-refractivity contribution in [1.29, 1.82) is 0 Å². The monoisotopic (exact) mass is 989 g/mol. The number of nitrogens with zero attached hydrogens (tertiary/aromatic N) is 3. The Balaban J connectivity index is 1.000. The summed E-state index contributed by atoms with van der Waals surface area (Å²) in [6, 6.07) is 29.8. The van der Waals surface area contributed by atoms with Crippen LogP contribution in [0.1, 0.15) is 56.8 Å². The molecule has 5 aromatic rings. The normalized spacial score (nSPS) is 17.1. The summed E-state index contributed by atoms with van der Waals surface area (Å²) in [5.74, 6) is 1.78. The van der Waals surface area contributed by atoms with Crippen LogP contribution in [0.4, 0.5) is 28.4 Å². The molecule has 16 heteroatoms. The summed E-state index contributed by atoms with van der Waals surface area (Å²) in [6.45, 7) is 9.69. The van der Waals surface area contributed by atoms with Gasteiger partial charge in [-0.3, -0.25) is 9.59 Å². The maximum absolute atomic E-state index is 14.2. The summed E-state index contributed by atoms with van der Waals surface area (Å²) in [6.07, 6.45) is 3.67. The fourth-order valence-electron chi connectivity index (χ4n) is 9.73. The number of benzene rings is 5. The number of hydrogen-bond acceptors (Lipinski definition) is 13. The molecule has 4 aliphatic rings. The summed E-state index contributed by atoms with van der Waals surface area (Å²) in [5, 5.41) is 7.09. The van der Waals surface area contributed by atoms with E-state index in [1.165, 1.54) is 11.1 Å². The molecule has 0 aliphatic carbocycles. The summed E-state index contributed by atoms with van der Waals surface area (Å²) < 4.78 is 41.7. The van der Waals surface area contributed by atoms with Crippen molar-refractivity contribution in [3.8, 4) is 23.0 Å². The highest BCUT2D eigenvalue weighted by Crippen LogP contribution is 2.43. The lowest BCUT2D eigenvalue weighted by Gasteiger charge is -2.35. The Morgan fingerprint density at radius 2 is 1.14 bits per heavy atom. The summed E-state index contributed by atoms with van der Waals surface area (Å²) in [4.78, 5) is 34.5. The van der Waals surface area contributed by atoms with Crippen LogP contribution in [0.3, 0.4) is 0 Å². The molecule has 370 valence electrons. The number of carbonyl (C=O) groups is 2. The Morgan fingerprint density at radius 3 is 1.63 bits per heavy atom. The number of amides is 2. The van der Waals surface area contributed by atoms with Crippen LogP contribution in [0.2, 0.25) is 0 Å². The first-order chi connectivity index (χ1) is 34.0. The summed E-state index contributed by atoms with van der Waals surface area (Å²) in [5.41, 5.74) is 9.42. The predicted molar refractivity (Wildman–Crippen MR) is 280 cm³/mol. The molecule has 0 spiro atoms.